The van der Waals surface area contributed by atoms with Crippen molar-refractivity contribution in [2.75, 3.05) is 51.3 Å². The Morgan fingerprint density at radius 3 is 2.96 bits per heavy atom. The van der Waals surface area contributed by atoms with Crippen LogP contribution in [0.15, 0.2) is 18.3 Å². The number of fused-ring (bicyclic) bond motifs is 1. The number of nitrogens with zero attached hydrogens (tertiary/aromatic N) is 4. The van der Waals surface area contributed by atoms with Crippen LogP contribution in [0.3, 0.4) is 0 Å². The summed E-state index contributed by atoms with van der Waals surface area (Å²) in [6.07, 6.45) is 3.11. The zero-order chi connectivity index (χ0) is 19.1. The number of nitrogens with one attached hydrogen (secondary N) is 1. The molecule has 0 unspecified atom stereocenters. The maximum absolute atomic E-state index is 12.4. The fourth-order valence-electron chi connectivity index (χ4n) is 3.01. The molecule has 27 heavy (non-hydrogen) atoms. The third-order valence-electron chi connectivity index (χ3n) is 4.47. The van der Waals surface area contributed by atoms with Crippen LogP contribution in [0.5, 0.6) is 0 Å². The van der Waals surface area contributed by atoms with Gasteiger partial charge in [0.1, 0.15) is 10.3 Å². The summed E-state index contributed by atoms with van der Waals surface area (Å²) in [5.41, 5.74) is 0.911. The Hall–Kier alpha value is -2.26. The number of rotatable bonds is 7. The lowest BCUT2D eigenvalue weighted by molar-refractivity contribution is -0.133. The summed E-state index contributed by atoms with van der Waals surface area (Å²) in [6, 6.07) is 3.85. The van der Waals surface area contributed by atoms with Gasteiger partial charge in [-0.05, 0) is 18.6 Å². The van der Waals surface area contributed by atoms with Gasteiger partial charge in [0.15, 0.2) is 5.13 Å². The molecule has 146 valence electrons. The first kappa shape index (κ1) is 19.5. The summed E-state index contributed by atoms with van der Waals surface area (Å²) < 4.78 is 4.89. The van der Waals surface area contributed by atoms with Crippen molar-refractivity contribution in [1.29, 1.82) is 0 Å². The number of amides is 2. The fourth-order valence-corrected chi connectivity index (χ4v) is 3.97. The Balaban J connectivity index is 1.49. The smallest absolute Gasteiger partial charge is 0.223 e. The van der Waals surface area contributed by atoms with Gasteiger partial charge in [-0.15, -0.1) is 0 Å². The summed E-state index contributed by atoms with van der Waals surface area (Å²) in [5, 5.41) is 3.69. The molecule has 8 nitrogen and oxygen atoms in total. The highest BCUT2D eigenvalue weighted by molar-refractivity contribution is 7.21. The highest BCUT2D eigenvalue weighted by Gasteiger charge is 2.21. The molecule has 3 heterocycles. The monoisotopic (exact) mass is 391 g/mol. The summed E-state index contributed by atoms with van der Waals surface area (Å²) >= 11 is 1.58. The van der Waals surface area contributed by atoms with E-state index in [0.29, 0.717) is 26.2 Å². The number of carbonyl (C=O) groups is 2. The van der Waals surface area contributed by atoms with Gasteiger partial charge in [-0.25, -0.2) is 9.97 Å². The molecule has 0 aromatic carbocycles. The normalized spacial score (nSPS) is 15.0. The zero-order valence-electron chi connectivity index (χ0n) is 15.5. The summed E-state index contributed by atoms with van der Waals surface area (Å²) in [4.78, 5) is 38.2. The van der Waals surface area contributed by atoms with Crippen LogP contribution in [0.1, 0.15) is 19.3 Å². The molecule has 1 aliphatic rings. The van der Waals surface area contributed by atoms with E-state index in [1.54, 1.807) is 24.6 Å². The predicted octanol–water partition coefficient (Wildman–Crippen LogP) is 1.27. The van der Waals surface area contributed by atoms with Crippen LogP contribution in [0, 0.1) is 0 Å². The maximum atomic E-state index is 12.4. The number of hydrogen-bond acceptors (Lipinski definition) is 7. The van der Waals surface area contributed by atoms with Crippen molar-refractivity contribution in [3.8, 4) is 0 Å². The van der Waals surface area contributed by atoms with Gasteiger partial charge in [0, 0.05) is 58.9 Å². The molecular formula is C18H25N5O3S. The van der Waals surface area contributed by atoms with Gasteiger partial charge < -0.3 is 19.9 Å². The number of pyridine rings is 1. The number of methoxy groups -OCH3 is 1. The molecule has 1 fully saturated rings. The van der Waals surface area contributed by atoms with Crippen molar-refractivity contribution >= 4 is 38.6 Å². The first-order valence-corrected chi connectivity index (χ1v) is 9.99. The number of ether oxygens (including phenoxy) is 1. The van der Waals surface area contributed by atoms with E-state index >= 15 is 0 Å². The Kier molecular flexibility index (Phi) is 6.94. The van der Waals surface area contributed by atoms with Gasteiger partial charge in [-0.2, -0.15) is 0 Å². The topological polar surface area (TPSA) is 87.7 Å². The van der Waals surface area contributed by atoms with E-state index in [-0.39, 0.29) is 24.7 Å². The van der Waals surface area contributed by atoms with E-state index in [2.05, 4.69) is 20.2 Å². The SMILES string of the molecule is COCCNC(=O)CCC(=O)N1CCCN(c2nc3cccnc3s2)CC1. The Morgan fingerprint density at radius 1 is 1.26 bits per heavy atom. The van der Waals surface area contributed by atoms with Gasteiger partial charge in [0.25, 0.3) is 0 Å². The number of thiazole rings is 1. The lowest BCUT2D eigenvalue weighted by Crippen LogP contribution is -2.36. The molecule has 9 heteroatoms. The van der Waals surface area contributed by atoms with Gasteiger partial charge in [0.2, 0.25) is 11.8 Å². The second kappa shape index (κ2) is 9.61. The molecule has 1 aliphatic heterocycles. The highest BCUT2D eigenvalue weighted by Crippen LogP contribution is 2.27. The maximum Gasteiger partial charge on any atom is 0.223 e. The molecule has 1 N–H and O–H groups in total. The quantitative estimate of drug-likeness (QED) is 0.716. The van der Waals surface area contributed by atoms with Crippen molar-refractivity contribution in [2.24, 2.45) is 0 Å². The molecule has 0 radical (unpaired) electrons. The van der Waals surface area contributed by atoms with Crippen LogP contribution in [-0.4, -0.2) is 73.1 Å². The molecule has 0 aliphatic carbocycles. The van der Waals surface area contributed by atoms with Crippen molar-refractivity contribution in [2.45, 2.75) is 19.3 Å². The molecular weight excluding hydrogens is 366 g/mol. The molecule has 0 spiro atoms. The van der Waals surface area contributed by atoms with Crippen LogP contribution < -0.4 is 10.2 Å². The molecule has 2 amide bonds. The molecule has 0 bridgehead atoms. The third kappa shape index (κ3) is 5.36. The van der Waals surface area contributed by atoms with E-state index < -0.39 is 0 Å². The van der Waals surface area contributed by atoms with E-state index in [4.69, 9.17) is 4.74 Å². The highest BCUT2D eigenvalue weighted by atomic mass is 32.1. The number of carbonyl (C=O) groups excluding carboxylic acids is 2. The van der Waals surface area contributed by atoms with Gasteiger partial charge in [-0.3, -0.25) is 9.59 Å². The van der Waals surface area contributed by atoms with E-state index in [1.807, 2.05) is 17.0 Å². The average Bonchev–Trinajstić information content (AvgIpc) is 2.95. The second-order valence-corrected chi connectivity index (χ2v) is 7.34. The number of hydrogen-bond donors (Lipinski definition) is 1. The largest absolute Gasteiger partial charge is 0.383 e. The lowest BCUT2D eigenvalue weighted by Gasteiger charge is -2.21. The summed E-state index contributed by atoms with van der Waals surface area (Å²) in [7, 11) is 1.59. The van der Waals surface area contributed by atoms with Crippen LogP contribution in [0.4, 0.5) is 5.13 Å². The van der Waals surface area contributed by atoms with Gasteiger partial charge in [-0.1, -0.05) is 11.3 Å². The second-order valence-electron chi connectivity index (χ2n) is 6.39. The molecule has 2 aromatic rings. The number of aromatic nitrogens is 2. The first-order chi connectivity index (χ1) is 13.2. The van der Waals surface area contributed by atoms with Gasteiger partial charge >= 0.3 is 0 Å². The Bertz CT molecular complexity index is 748. The van der Waals surface area contributed by atoms with Crippen molar-refractivity contribution in [3.63, 3.8) is 0 Å². The van der Waals surface area contributed by atoms with Crippen LogP contribution in [-0.2, 0) is 14.3 Å². The summed E-state index contributed by atoms with van der Waals surface area (Å²) in [6.45, 7) is 3.91. The van der Waals surface area contributed by atoms with Crippen molar-refractivity contribution in [1.82, 2.24) is 20.2 Å². The van der Waals surface area contributed by atoms with Crippen LogP contribution >= 0.6 is 11.3 Å². The third-order valence-corrected chi connectivity index (χ3v) is 5.51. The lowest BCUT2D eigenvalue weighted by atomic mass is 10.2. The predicted molar refractivity (Wildman–Crippen MR) is 105 cm³/mol. The standard InChI is InChI=1S/C18H25N5O3S/c1-26-13-8-19-15(24)5-6-16(25)22-9-3-10-23(12-11-22)18-21-14-4-2-7-20-17(14)27-18/h2,4,7H,3,5-6,8-13H2,1H3,(H,19,24). The molecule has 0 saturated carbocycles. The minimum Gasteiger partial charge on any atom is -0.383 e. The van der Waals surface area contributed by atoms with Crippen molar-refractivity contribution in [3.05, 3.63) is 18.3 Å². The van der Waals surface area contributed by atoms with E-state index in [0.717, 1.165) is 35.0 Å². The summed E-state index contributed by atoms with van der Waals surface area (Å²) in [5.74, 6) is -0.0801. The average molecular weight is 391 g/mol. The van der Waals surface area contributed by atoms with Crippen LogP contribution in [0.25, 0.3) is 10.3 Å². The minimum absolute atomic E-state index is 0.0321. The zero-order valence-corrected chi connectivity index (χ0v) is 16.3. The van der Waals surface area contributed by atoms with E-state index in [1.165, 1.54) is 0 Å². The number of anilines is 1. The van der Waals surface area contributed by atoms with Crippen LogP contribution in [0.2, 0.25) is 0 Å². The minimum atomic E-state index is -0.112. The molecule has 1 saturated heterocycles. The molecule has 2 aromatic heterocycles. The van der Waals surface area contributed by atoms with Gasteiger partial charge in [0.05, 0.1) is 6.61 Å². The van der Waals surface area contributed by atoms with E-state index in [9.17, 15) is 9.59 Å². The molecule has 3 rings (SSSR count). The molecule has 0 atom stereocenters. The fraction of sp³-hybridized carbons (Fsp3) is 0.556. The first-order valence-electron chi connectivity index (χ1n) is 9.17. The van der Waals surface area contributed by atoms with Crippen molar-refractivity contribution < 1.29 is 14.3 Å². The Labute approximate surface area is 162 Å². The Morgan fingerprint density at radius 2 is 2.15 bits per heavy atom.